The van der Waals surface area contributed by atoms with Crippen LogP contribution in [0.25, 0.3) is 0 Å². The Morgan fingerprint density at radius 3 is 2.59 bits per heavy atom. The molecule has 0 radical (unpaired) electrons. The molecule has 0 fully saturated rings. The summed E-state index contributed by atoms with van der Waals surface area (Å²) in [6, 6.07) is 5.89. The lowest BCUT2D eigenvalue weighted by Gasteiger charge is -2.24. The molecule has 22 heavy (non-hydrogen) atoms. The molecule has 0 saturated carbocycles. The minimum atomic E-state index is -0.290. The number of hydrogen-bond acceptors (Lipinski definition) is 5. The molecule has 1 aromatic heterocycles. The van der Waals surface area contributed by atoms with Crippen molar-refractivity contribution in [2.75, 3.05) is 32.5 Å². The number of urea groups is 1. The predicted octanol–water partition coefficient (Wildman–Crippen LogP) is 2.27. The fourth-order valence-corrected chi connectivity index (χ4v) is 2.22. The highest BCUT2D eigenvalue weighted by Gasteiger charge is 2.15. The molecule has 2 aromatic rings. The molecule has 0 aliphatic rings. The van der Waals surface area contributed by atoms with E-state index < -0.39 is 0 Å². The molecule has 0 saturated heterocycles. The van der Waals surface area contributed by atoms with Gasteiger partial charge in [-0.3, -0.25) is 5.32 Å². The average Bonchev–Trinajstić information content (AvgIpc) is 2.98. The molecule has 2 rings (SSSR count). The van der Waals surface area contributed by atoms with Gasteiger partial charge < -0.3 is 9.80 Å². The summed E-state index contributed by atoms with van der Waals surface area (Å²) in [5, 5.41) is 10.7. The van der Waals surface area contributed by atoms with Gasteiger partial charge in [0.25, 0.3) is 0 Å². The van der Waals surface area contributed by atoms with Crippen LogP contribution in [0.15, 0.2) is 29.8 Å². The van der Waals surface area contributed by atoms with Crippen LogP contribution in [0.2, 0.25) is 0 Å². The van der Waals surface area contributed by atoms with Crippen molar-refractivity contribution in [3.63, 3.8) is 0 Å². The van der Waals surface area contributed by atoms with Crippen LogP contribution in [0.5, 0.6) is 0 Å². The van der Waals surface area contributed by atoms with Crippen LogP contribution in [-0.4, -0.2) is 53.2 Å². The van der Waals surface area contributed by atoms with Crippen LogP contribution < -0.4 is 5.32 Å². The smallest absolute Gasteiger partial charge is 0.319 e. The molecule has 0 atom stereocenters. The van der Waals surface area contributed by atoms with Gasteiger partial charge in [0.2, 0.25) is 5.13 Å². The lowest BCUT2D eigenvalue weighted by molar-refractivity contribution is 0.202. The van der Waals surface area contributed by atoms with E-state index in [1.807, 2.05) is 19.0 Å². The van der Waals surface area contributed by atoms with E-state index in [4.69, 9.17) is 0 Å². The number of carbonyl (C=O) groups excluding carboxylic acids is 1. The van der Waals surface area contributed by atoms with E-state index in [1.165, 1.54) is 23.5 Å². The number of hydrogen-bond donors (Lipinski definition) is 1. The van der Waals surface area contributed by atoms with E-state index in [9.17, 15) is 9.18 Å². The van der Waals surface area contributed by atoms with Gasteiger partial charge in [-0.15, -0.1) is 10.2 Å². The molecule has 0 bridgehead atoms. The van der Waals surface area contributed by atoms with Gasteiger partial charge in [0.1, 0.15) is 11.3 Å². The number of halogens is 1. The molecule has 0 spiro atoms. The van der Waals surface area contributed by atoms with Crippen molar-refractivity contribution in [2.24, 2.45) is 0 Å². The van der Waals surface area contributed by atoms with Gasteiger partial charge in [-0.25, -0.2) is 9.18 Å². The molecule has 6 nitrogen and oxygen atoms in total. The third-order valence-electron chi connectivity index (χ3n) is 2.96. The molecule has 118 valence electrons. The maximum Gasteiger partial charge on any atom is 0.324 e. The van der Waals surface area contributed by atoms with Crippen LogP contribution in [-0.2, 0) is 6.54 Å². The average molecular weight is 323 g/mol. The Labute approximate surface area is 132 Å². The number of nitrogens with zero attached hydrogens (tertiary/aromatic N) is 4. The molecule has 0 unspecified atom stereocenters. The fraction of sp³-hybridized carbons (Fsp3) is 0.357. The zero-order valence-electron chi connectivity index (χ0n) is 12.5. The Morgan fingerprint density at radius 1 is 1.27 bits per heavy atom. The first-order valence-corrected chi connectivity index (χ1v) is 7.64. The molecule has 2 amide bonds. The van der Waals surface area contributed by atoms with Crippen LogP contribution in [0.1, 0.15) is 5.56 Å². The van der Waals surface area contributed by atoms with Gasteiger partial charge in [-0.1, -0.05) is 23.5 Å². The van der Waals surface area contributed by atoms with Crippen LogP contribution in [0.3, 0.4) is 0 Å². The lowest BCUT2D eigenvalue weighted by Crippen LogP contribution is -2.39. The zero-order valence-corrected chi connectivity index (χ0v) is 13.3. The van der Waals surface area contributed by atoms with E-state index in [1.54, 1.807) is 22.5 Å². The third-order valence-corrected chi connectivity index (χ3v) is 3.57. The maximum atomic E-state index is 13.0. The largest absolute Gasteiger partial charge is 0.324 e. The minimum absolute atomic E-state index is 0.247. The van der Waals surface area contributed by atoms with Gasteiger partial charge in [0.15, 0.2) is 0 Å². The Kier molecular flexibility index (Phi) is 5.79. The van der Waals surface area contributed by atoms with Gasteiger partial charge >= 0.3 is 6.03 Å². The second kappa shape index (κ2) is 7.81. The van der Waals surface area contributed by atoms with Gasteiger partial charge in [0, 0.05) is 19.6 Å². The van der Waals surface area contributed by atoms with Gasteiger partial charge in [-0.05, 0) is 31.8 Å². The van der Waals surface area contributed by atoms with E-state index >= 15 is 0 Å². The van der Waals surface area contributed by atoms with Crippen molar-refractivity contribution < 1.29 is 9.18 Å². The molecular formula is C14H18FN5OS. The van der Waals surface area contributed by atoms with Crippen molar-refractivity contribution in [2.45, 2.75) is 6.54 Å². The summed E-state index contributed by atoms with van der Waals surface area (Å²) in [5.41, 5.74) is 2.42. The SMILES string of the molecule is CN(C)CCN(Cc1ccc(F)cc1)C(=O)Nc1nncs1. The van der Waals surface area contributed by atoms with E-state index in [0.29, 0.717) is 18.2 Å². The highest BCUT2D eigenvalue weighted by atomic mass is 32.1. The molecule has 1 N–H and O–H groups in total. The number of anilines is 1. The quantitative estimate of drug-likeness (QED) is 0.886. The van der Waals surface area contributed by atoms with Crippen molar-refractivity contribution in [1.29, 1.82) is 0 Å². The number of aromatic nitrogens is 2. The van der Waals surface area contributed by atoms with Crippen molar-refractivity contribution in [3.05, 3.63) is 41.2 Å². The highest BCUT2D eigenvalue weighted by Crippen LogP contribution is 2.12. The standard InChI is InChI=1S/C14H18FN5OS/c1-19(2)7-8-20(9-11-3-5-12(15)6-4-11)14(21)17-13-18-16-10-22-13/h3-6,10H,7-9H2,1-2H3,(H,17,18,21). The topological polar surface area (TPSA) is 61.4 Å². The number of benzene rings is 1. The summed E-state index contributed by atoms with van der Waals surface area (Å²) in [7, 11) is 3.89. The number of amides is 2. The zero-order chi connectivity index (χ0) is 15.9. The summed E-state index contributed by atoms with van der Waals surface area (Å²) in [4.78, 5) is 16.0. The molecule has 8 heteroatoms. The minimum Gasteiger partial charge on any atom is -0.319 e. The first-order chi connectivity index (χ1) is 10.5. The van der Waals surface area contributed by atoms with Gasteiger partial charge in [0.05, 0.1) is 0 Å². The lowest BCUT2D eigenvalue weighted by atomic mass is 10.2. The third kappa shape index (κ3) is 5.05. The van der Waals surface area contributed by atoms with Crippen LogP contribution >= 0.6 is 11.3 Å². The van der Waals surface area contributed by atoms with E-state index in [0.717, 1.165) is 12.1 Å². The second-order valence-corrected chi connectivity index (χ2v) is 5.86. The highest BCUT2D eigenvalue weighted by molar-refractivity contribution is 7.13. The van der Waals surface area contributed by atoms with Crippen molar-refractivity contribution in [1.82, 2.24) is 20.0 Å². The normalized spacial score (nSPS) is 10.7. The predicted molar refractivity (Wildman–Crippen MR) is 84.3 cm³/mol. The summed E-state index contributed by atoms with van der Waals surface area (Å²) < 4.78 is 13.0. The number of nitrogens with one attached hydrogen (secondary N) is 1. The molecule has 1 heterocycles. The summed E-state index contributed by atoms with van der Waals surface area (Å²) in [6.45, 7) is 1.68. The van der Waals surface area contributed by atoms with E-state index in [2.05, 4.69) is 15.5 Å². The Hall–Kier alpha value is -2.06. The number of likely N-dealkylation sites (N-methyl/N-ethyl adjacent to an activating group) is 1. The maximum absolute atomic E-state index is 13.0. The number of rotatable bonds is 6. The van der Waals surface area contributed by atoms with E-state index in [-0.39, 0.29) is 11.8 Å². The summed E-state index contributed by atoms with van der Waals surface area (Å²) in [6.07, 6.45) is 0. The van der Waals surface area contributed by atoms with Crippen molar-refractivity contribution >= 4 is 22.5 Å². The molecule has 1 aromatic carbocycles. The molecule has 0 aliphatic carbocycles. The van der Waals surface area contributed by atoms with Crippen LogP contribution in [0, 0.1) is 5.82 Å². The Bertz CT molecular complexity index is 588. The van der Waals surface area contributed by atoms with Crippen molar-refractivity contribution in [3.8, 4) is 0 Å². The first kappa shape index (κ1) is 16.3. The molecular weight excluding hydrogens is 305 g/mol. The second-order valence-electron chi connectivity index (χ2n) is 5.03. The van der Waals surface area contributed by atoms with Crippen LogP contribution in [0.4, 0.5) is 14.3 Å². The first-order valence-electron chi connectivity index (χ1n) is 6.76. The summed E-state index contributed by atoms with van der Waals surface area (Å²) in [5.74, 6) is -0.290. The Balaban J connectivity index is 2.04. The number of carbonyl (C=O) groups is 1. The molecule has 0 aliphatic heterocycles. The van der Waals surface area contributed by atoms with Gasteiger partial charge in [-0.2, -0.15) is 0 Å². The monoisotopic (exact) mass is 323 g/mol. The summed E-state index contributed by atoms with van der Waals surface area (Å²) >= 11 is 1.26. The Morgan fingerprint density at radius 2 is 2.00 bits per heavy atom. The fourth-order valence-electron chi connectivity index (χ4n) is 1.78.